The monoisotopic (exact) mass is 197 g/mol. The fourth-order valence-electron chi connectivity index (χ4n) is 1.71. The van der Waals surface area contributed by atoms with Crippen LogP contribution in [0, 0.1) is 0 Å². The van der Waals surface area contributed by atoms with Crippen LogP contribution in [0.2, 0.25) is 0 Å². The van der Waals surface area contributed by atoms with Crippen molar-refractivity contribution in [3.05, 3.63) is 11.6 Å². The van der Waals surface area contributed by atoms with Crippen molar-refractivity contribution in [3.63, 3.8) is 0 Å². The predicted molar refractivity (Wildman–Crippen MR) is 55.8 cm³/mol. The van der Waals surface area contributed by atoms with Gasteiger partial charge in [0.2, 0.25) is 0 Å². The van der Waals surface area contributed by atoms with E-state index < -0.39 is 6.04 Å². The van der Waals surface area contributed by atoms with Gasteiger partial charge in [-0.3, -0.25) is 4.79 Å². The van der Waals surface area contributed by atoms with Crippen LogP contribution in [0.3, 0.4) is 0 Å². The second-order valence-corrected chi connectivity index (χ2v) is 3.67. The Hall–Kier alpha value is -0.830. The van der Waals surface area contributed by atoms with E-state index in [-0.39, 0.29) is 5.97 Å². The Morgan fingerprint density at radius 2 is 2.43 bits per heavy atom. The molecule has 0 fully saturated rings. The van der Waals surface area contributed by atoms with Crippen molar-refractivity contribution in [3.8, 4) is 0 Å². The number of carbonyl (C=O) groups is 1. The van der Waals surface area contributed by atoms with Gasteiger partial charge < -0.3 is 10.5 Å². The quantitative estimate of drug-likeness (QED) is 0.552. The zero-order valence-electron chi connectivity index (χ0n) is 8.79. The molecule has 0 saturated heterocycles. The lowest BCUT2D eigenvalue weighted by atomic mass is 9.94. The molecule has 3 nitrogen and oxygen atoms in total. The Balaban J connectivity index is 2.35. The molecule has 1 rings (SSSR count). The third-order valence-corrected chi connectivity index (χ3v) is 2.46. The topological polar surface area (TPSA) is 52.3 Å². The van der Waals surface area contributed by atoms with Crippen LogP contribution < -0.4 is 5.73 Å². The number of ether oxygens (including phenoxy) is 1. The van der Waals surface area contributed by atoms with Crippen LogP contribution in [0.1, 0.15) is 39.0 Å². The standard InChI is InChI=1S/C11H19NO2/c1-2-14-11(13)10(12)8-9-6-4-3-5-7-9/h6,10H,2-5,7-8,12H2,1H3. The molecule has 0 aromatic carbocycles. The molecule has 0 radical (unpaired) electrons. The highest BCUT2D eigenvalue weighted by molar-refractivity contribution is 5.75. The maximum Gasteiger partial charge on any atom is 0.323 e. The summed E-state index contributed by atoms with van der Waals surface area (Å²) in [7, 11) is 0. The molecule has 0 saturated carbocycles. The van der Waals surface area contributed by atoms with Crippen LogP contribution in [0.15, 0.2) is 11.6 Å². The summed E-state index contributed by atoms with van der Waals surface area (Å²) >= 11 is 0. The van der Waals surface area contributed by atoms with Crippen molar-refractivity contribution < 1.29 is 9.53 Å². The predicted octanol–water partition coefficient (Wildman–Crippen LogP) is 1.77. The minimum absolute atomic E-state index is 0.279. The Kier molecular flexibility index (Phi) is 4.66. The number of esters is 1. The molecule has 14 heavy (non-hydrogen) atoms. The van der Waals surface area contributed by atoms with Crippen LogP contribution in [0.5, 0.6) is 0 Å². The lowest BCUT2D eigenvalue weighted by Crippen LogP contribution is -2.32. The van der Waals surface area contributed by atoms with Gasteiger partial charge in [-0.1, -0.05) is 11.6 Å². The van der Waals surface area contributed by atoms with Gasteiger partial charge in [-0.25, -0.2) is 0 Å². The summed E-state index contributed by atoms with van der Waals surface area (Å²) in [4.78, 5) is 11.2. The van der Waals surface area contributed by atoms with E-state index in [2.05, 4.69) is 6.08 Å². The van der Waals surface area contributed by atoms with E-state index in [1.54, 1.807) is 6.92 Å². The van der Waals surface area contributed by atoms with E-state index in [1.807, 2.05) is 0 Å². The summed E-state index contributed by atoms with van der Waals surface area (Å²) < 4.78 is 4.85. The molecule has 0 aromatic heterocycles. The summed E-state index contributed by atoms with van der Waals surface area (Å²) in [6.07, 6.45) is 7.58. The van der Waals surface area contributed by atoms with Gasteiger partial charge in [0.15, 0.2) is 0 Å². The molecule has 1 aliphatic carbocycles. The van der Waals surface area contributed by atoms with Crippen LogP contribution in [-0.2, 0) is 9.53 Å². The normalized spacial score (nSPS) is 18.6. The zero-order valence-corrected chi connectivity index (χ0v) is 8.79. The first-order valence-corrected chi connectivity index (χ1v) is 5.34. The molecule has 1 atom stereocenters. The van der Waals surface area contributed by atoms with Gasteiger partial charge in [0.1, 0.15) is 6.04 Å². The van der Waals surface area contributed by atoms with Gasteiger partial charge in [0.05, 0.1) is 6.61 Å². The lowest BCUT2D eigenvalue weighted by Gasteiger charge is -2.16. The number of hydrogen-bond donors (Lipinski definition) is 1. The summed E-state index contributed by atoms with van der Waals surface area (Å²) in [5, 5.41) is 0. The Bertz CT molecular complexity index is 223. The van der Waals surface area contributed by atoms with E-state index in [0.717, 1.165) is 12.8 Å². The van der Waals surface area contributed by atoms with E-state index in [0.29, 0.717) is 13.0 Å². The molecule has 0 aromatic rings. The highest BCUT2D eigenvalue weighted by atomic mass is 16.5. The third-order valence-electron chi connectivity index (χ3n) is 2.46. The summed E-state index contributed by atoms with van der Waals surface area (Å²) in [6.45, 7) is 2.20. The molecule has 0 bridgehead atoms. The molecule has 1 aliphatic rings. The van der Waals surface area contributed by atoms with Crippen molar-refractivity contribution in [2.45, 2.75) is 45.1 Å². The third kappa shape index (κ3) is 3.50. The van der Waals surface area contributed by atoms with Crippen molar-refractivity contribution in [1.82, 2.24) is 0 Å². The molecule has 3 heteroatoms. The largest absolute Gasteiger partial charge is 0.465 e. The second-order valence-electron chi connectivity index (χ2n) is 3.67. The molecule has 80 valence electrons. The van der Waals surface area contributed by atoms with Crippen LogP contribution in [0.4, 0.5) is 0 Å². The van der Waals surface area contributed by atoms with Gasteiger partial charge in [-0.05, 0) is 39.0 Å². The van der Waals surface area contributed by atoms with E-state index in [9.17, 15) is 4.79 Å². The fraction of sp³-hybridized carbons (Fsp3) is 0.727. The second kappa shape index (κ2) is 5.81. The van der Waals surface area contributed by atoms with Crippen molar-refractivity contribution in [1.29, 1.82) is 0 Å². The number of hydrogen-bond acceptors (Lipinski definition) is 3. The fourth-order valence-corrected chi connectivity index (χ4v) is 1.71. The average molecular weight is 197 g/mol. The molecule has 1 unspecified atom stereocenters. The Morgan fingerprint density at radius 3 is 3.00 bits per heavy atom. The minimum atomic E-state index is -0.473. The van der Waals surface area contributed by atoms with Crippen molar-refractivity contribution in [2.75, 3.05) is 6.61 Å². The summed E-state index contributed by atoms with van der Waals surface area (Å²) in [6, 6.07) is -0.473. The first-order valence-electron chi connectivity index (χ1n) is 5.34. The van der Waals surface area contributed by atoms with Gasteiger partial charge in [0, 0.05) is 0 Å². The van der Waals surface area contributed by atoms with Gasteiger partial charge in [0.25, 0.3) is 0 Å². The summed E-state index contributed by atoms with van der Waals surface area (Å²) in [5.41, 5.74) is 7.04. The Labute approximate surface area is 85.3 Å². The SMILES string of the molecule is CCOC(=O)C(N)CC1=CCCCC1. The zero-order chi connectivity index (χ0) is 10.4. The smallest absolute Gasteiger partial charge is 0.323 e. The van der Waals surface area contributed by atoms with Crippen LogP contribution >= 0.6 is 0 Å². The van der Waals surface area contributed by atoms with E-state index in [4.69, 9.17) is 10.5 Å². The van der Waals surface area contributed by atoms with Crippen molar-refractivity contribution >= 4 is 5.97 Å². The number of carbonyl (C=O) groups excluding carboxylic acids is 1. The Morgan fingerprint density at radius 1 is 1.64 bits per heavy atom. The first-order chi connectivity index (χ1) is 6.74. The van der Waals surface area contributed by atoms with E-state index >= 15 is 0 Å². The van der Waals surface area contributed by atoms with Gasteiger partial charge >= 0.3 is 5.97 Å². The van der Waals surface area contributed by atoms with Crippen LogP contribution in [0.25, 0.3) is 0 Å². The van der Waals surface area contributed by atoms with Crippen LogP contribution in [-0.4, -0.2) is 18.6 Å². The molecular formula is C11H19NO2. The highest BCUT2D eigenvalue weighted by Crippen LogP contribution is 2.20. The highest BCUT2D eigenvalue weighted by Gasteiger charge is 2.16. The summed E-state index contributed by atoms with van der Waals surface area (Å²) in [5.74, 6) is -0.279. The molecule has 0 aliphatic heterocycles. The molecule has 0 heterocycles. The lowest BCUT2D eigenvalue weighted by molar-refractivity contribution is -0.144. The average Bonchev–Trinajstić information content (AvgIpc) is 2.19. The van der Waals surface area contributed by atoms with Gasteiger partial charge in [-0.15, -0.1) is 0 Å². The maximum absolute atomic E-state index is 11.2. The van der Waals surface area contributed by atoms with Gasteiger partial charge in [-0.2, -0.15) is 0 Å². The number of nitrogens with two attached hydrogens (primary N) is 1. The molecule has 0 amide bonds. The molecular weight excluding hydrogens is 178 g/mol. The maximum atomic E-state index is 11.2. The number of rotatable bonds is 4. The minimum Gasteiger partial charge on any atom is -0.465 e. The van der Waals surface area contributed by atoms with E-state index in [1.165, 1.54) is 18.4 Å². The first kappa shape index (κ1) is 11.2. The number of allylic oxidation sites excluding steroid dienone is 1. The molecule has 0 spiro atoms. The molecule has 2 N–H and O–H groups in total. The van der Waals surface area contributed by atoms with Crippen molar-refractivity contribution in [2.24, 2.45) is 5.73 Å².